The van der Waals surface area contributed by atoms with Crippen LogP contribution < -0.4 is 5.32 Å². The molecule has 0 radical (unpaired) electrons. The number of piperidine rings is 2. The summed E-state index contributed by atoms with van der Waals surface area (Å²) in [4.78, 5) is 33.0. The quantitative estimate of drug-likeness (QED) is 0.455. The van der Waals surface area contributed by atoms with Crippen LogP contribution in [0.15, 0.2) is 36.5 Å². The normalized spacial score (nSPS) is 20.4. The van der Waals surface area contributed by atoms with Crippen molar-refractivity contribution in [3.63, 3.8) is 0 Å². The van der Waals surface area contributed by atoms with Gasteiger partial charge in [0.1, 0.15) is 11.2 Å². The zero-order valence-electron chi connectivity index (χ0n) is 23.8. The van der Waals surface area contributed by atoms with Gasteiger partial charge in [0.25, 0.3) is 5.91 Å². The number of nitrogens with one attached hydrogen (secondary N) is 1. The molecule has 2 aliphatic rings. The number of likely N-dealkylation sites (tertiary alicyclic amines) is 1. The van der Waals surface area contributed by atoms with E-state index in [2.05, 4.69) is 10.2 Å². The second kappa shape index (κ2) is 13.1. The Morgan fingerprint density at radius 1 is 1.10 bits per heavy atom. The lowest BCUT2D eigenvalue weighted by molar-refractivity contribution is -0.148. The van der Waals surface area contributed by atoms with Gasteiger partial charge in [-0.15, -0.1) is 0 Å². The third-order valence-electron chi connectivity index (χ3n) is 8.68. The van der Waals surface area contributed by atoms with E-state index in [0.29, 0.717) is 28.3 Å². The number of aryl methyl sites for hydroxylation is 1. The molecule has 2 aromatic rings. The van der Waals surface area contributed by atoms with Crippen molar-refractivity contribution in [2.45, 2.75) is 62.4 Å². The Kier molecular flexibility index (Phi) is 10.0. The molecule has 1 aromatic heterocycles. The monoisotopic (exact) mass is 575 g/mol. The second-order valence-corrected chi connectivity index (χ2v) is 12.3. The first-order valence-corrected chi connectivity index (χ1v) is 14.9. The van der Waals surface area contributed by atoms with Crippen molar-refractivity contribution in [3.8, 4) is 0 Å². The van der Waals surface area contributed by atoms with Crippen LogP contribution in [0, 0.1) is 0 Å². The van der Waals surface area contributed by atoms with Crippen LogP contribution in [-0.4, -0.2) is 90.0 Å². The van der Waals surface area contributed by atoms with Crippen LogP contribution in [0.2, 0.25) is 10.0 Å². The highest BCUT2D eigenvalue weighted by molar-refractivity contribution is 6.42. The molecule has 0 bridgehead atoms. The number of carbonyl (C=O) groups excluding carboxylic acids is 2. The summed E-state index contributed by atoms with van der Waals surface area (Å²) in [6.07, 6.45) is 8.78. The summed E-state index contributed by atoms with van der Waals surface area (Å²) in [6.45, 7) is 3.25. The van der Waals surface area contributed by atoms with Gasteiger partial charge >= 0.3 is 0 Å². The van der Waals surface area contributed by atoms with Crippen LogP contribution in [-0.2, 0) is 11.8 Å². The molecule has 3 heterocycles. The molecule has 1 aromatic carbocycles. The van der Waals surface area contributed by atoms with Crippen LogP contribution in [0.4, 0.5) is 0 Å². The van der Waals surface area contributed by atoms with Gasteiger partial charge in [-0.05, 0) is 88.0 Å². The minimum absolute atomic E-state index is 0.00269. The summed E-state index contributed by atoms with van der Waals surface area (Å²) in [5.41, 5.74) is 1.30. The van der Waals surface area contributed by atoms with Crippen molar-refractivity contribution in [1.29, 1.82) is 0 Å². The highest BCUT2D eigenvalue weighted by Crippen LogP contribution is 2.37. The molecule has 7 nitrogen and oxygen atoms in total. The standard InChI is InChI=1S/C30H43Cl2N5O2/c1-34(2)29(39)30(14-16-33-17-15-30)37-19-6-5-8-24(37)12-10-23(22-11-13-25(31)26(32)20-22)21-36(4)28(38)27-9-7-18-35(27)3/h7,9,11,13,18,20,23-24,33H,5-6,8,10,12,14-17,19,21H2,1-4H3. The van der Waals surface area contributed by atoms with Gasteiger partial charge in [-0.3, -0.25) is 14.5 Å². The zero-order chi connectivity index (χ0) is 28.2. The number of hydrogen-bond acceptors (Lipinski definition) is 4. The first-order valence-electron chi connectivity index (χ1n) is 14.1. The number of halogens is 2. The lowest BCUT2D eigenvalue weighted by Gasteiger charge is -2.51. The fraction of sp³-hybridized carbons (Fsp3) is 0.600. The molecule has 9 heteroatoms. The van der Waals surface area contributed by atoms with Crippen LogP contribution in [0.5, 0.6) is 0 Å². The molecule has 2 amide bonds. The van der Waals surface area contributed by atoms with Gasteiger partial charge in [-0.2, -0.15) is 0 Å². The molecule has 0 aliphatic carbocycles. The molecule has 2 saturated heterocycles. The lowest BCUT2D eigenvalue weighted by atomic mass is 9.80. The second-order valence-electron chi connectivity index (χ2n) is 11.5. The van der Waals surface area contributed by atoms with E-state index in [1.807, 2.05) is 74.2 Å². The first kappa shape index (κ1) is 29.9. The Bertz CT molecular complexity index is 1140. The van der Waals surface area contributed by atoms with E-state index in [1.54, 1.807) is 4.90 Å². The van der Waals surface area contributed by atoms with Gasteiger partial charge in [0.05, 0.1) is 10.0 Å². The van der Waals surface area contributed by atoms with Crippen molar-refractivity contribution >= 4 is 35.0 Å². The number of aromatic nitrogens is 1. The highest BCUT2D eigenvalue weighted by Gasteiger charge is 2.48. The fourth-order valence-electron chi connectivity index (χ4n) is 6.56. The summed E-state index contributed by atoms with van der Waals surface area (Å²) < 4.78 is 1.85. The number of amides is 2. The Morgan fingerprint density at radius 2 is 1.85 bits per heavy atom. The minimum Gasteiger partial charge on any atom is -0.347 e. The van der Waals surface area contributed by atoms with Gasteiger partial charge < -0.3 is 19.7 Å². The fourth-order valence-corrected chi connectivity index (χ4v) is 6.87. The molecule has 1 N–H and O–H groups in total. The molecule has 2 unspecified atom stereocenters. The maximum absolute atomic E-state index is 13.6. The van der Waals surface area contributed by atoms with E-state index in [-0.39, 0.29) is 17.7 Å². The van der Waals surface area contributed by atoms with Crippen molar-refractivity contribution in [2.24, 2.45) is 7.05 Å². The minimum atomic E-state index is -0.446. The van der Waals surface area contributed by atoms with Crippen molar-refractivity contribution in [2.75, 3.05) is 47.3 Å². The number of nitrogens with zero attached hydrogens (tertiary/aromatic N) is 4. The summed E-state index contributed by atoms with van der Waals surface area (Å²) in [5.74, 6) is 0.313. The van der Waals surface area contributed by atoms with E-state index in [0.717, 1.165) is 63.7 Å². The highest BCUT2D eigenvalue weighted by atomic mass is 35.5. The van der Waals surface area contributed by atoms with E-state index in [4.69, 9.17) is 23.2 Å². The molecular formula is C30H43Cl2N5O2. The third kappa shape index (κ3) is 6.64. The van der Waals surface area contributed by atoms with Gasteiger partial charge in [0, 0.05) is 52.9 Å². The molecule has 2 fully saturated rings. The van der Waals surface area contributed by atoms with E-state index >= 15 is 0 Å². The number of carbonyl (C=O) groups is 2. The van der Waals surface area contributed by atoms with Gasteiger partial charge in [0.2, 0.25) is 5.91 Å². The SMILES string of the molecule is CN(C)C(=O)C1(N2CCCCC2CCC(CN(C)C(=O)c2cccn2C)c2ccc(Cl)c(Cl)c2)CCNCC1. The topological polar surface area (TPSA) is 60.8 Å². The molecule has 4 rings (SSSR count). The van der Waals surface area contributed by atoms with E-state index in [1.165, 1.54) is 6.42 Å². The smallest absolute Gasteiger partial charge is 0.270 e. The molecule has 214 valence electrons. The van der Waals surface area contributed by atoms with Crippen molar-refractivity contribution < 1.29 is 9.59 Å². The molecule has 39 heavy (non-hydrogen) atoms. The largest absolute Gasteiger partial charge is 0.347 e. The molecule has 0 saturated carbocycles. The third-order valence-corrected chi connectivity index (χ3v) is 9.42. The van der Waals surface area contributed by atoms with Gasteiger partial charge in [0.15, 0.2) is 0 Å². The maximum Gasteiger partial charge on any atom is 0.270 e. The van der Waals surface area contributed by atoms with Crippen molar-refractivity contribution in [1.82, 2.24) is 24.6 Å². The summed E-state index contributed by atoms with van der Waals surface area (Å²) in [7, 11) is 7.52. The summed E-state index contributed by atoms with van der Waals surface area (Å²) in [5, 5.41) is 4.51. The van der Waals surface area contributed by atoms with Crippen molar-refractivity contribution in [3.05, 3.63) is 57.8 Å². The summed E-state index contributed by atoms with van der Waals surface area (Å²) >= 11 is 12.7. The Hall–Kier alpha value is -2.06. The van der Waals surface area contributed by atoms with E-state index < -0.39 is 5.54 Å². The predicted octanol–water partition coefficient (Wildman–Crippen LogP) is 5.03. The van der Waals surface area contributed by atoms with Crippen LogP contribution in [0.1, 0.15) is 66.9 Å². The Balaban J connectivity index is 1.57. The van der Waals surface area contributed by atoms with Crippen LogP contribution in [0.3, 0.4) is 0 Å². The summed E-state index contributed by atoms with van der Waals surface area (Å²) in [6, 6.07) is 9.88. The average Bonchev–Trinajstić information content (AvgIpc) is 3.37. The molecule has 2 atom stereocenters. The zero-order valence-corrected chi connectivity index (χ0v) is 25.3. The molecule has 0 spiro atoms. The maximum atomic E-state index is 13.6. The lowest BCUT2D eigenvalue weighted by Crippen LogP contribution is -2.66. The van der Waals surface area contributed by atoms with Gasteiger partial charge in [-0.1, -0.05) is 35.7 Å². The molecule has 2 aliphatic heterocycles. The first-order chi connectivity index (χ1) is 18.6. The predicted molar refractivity (Wildman–Crippen MR) is 159 cm³/mol. The van der Waals surface area contributed by atoms with Crippen LogP contribution in [0.25, 0.3) is 0 Å². The number of likely N-dealkylation sites (N-methyl/N-ethyl adjacent to an activating group) is 2. The van der Waals surface area contributed by atoms with E-state index in [9.17, 15) is 9.59 Å². The Morgan fingerprint density at radius 3 is 2.49 bits per heavy atom. The van der Waals surface area contributed by atoms with Gasteiger partial charge in [-0.25, -0.2) is 0 Å². The number of hydrogen-bond donors (Lipinski definition) is 1. The average molecular weight is 577 g/mol. The number of benzene rings is 1. The van der Waals surface area contributed by atoms with Crippen LogP contribution >= 0.6 is 23.2 Å². The molecular weight excluding hydrogens is 533 g/mol. The Labute approximate surface area is 243 Å². The number of rotatable bonds is 9.